The fraction of sp³-hybridized carbons (Fsp3) is 0.261. The number of alkyl halides is 3. The van der Waals surface area contributed by atoms with Crippen molar-refractivity contribution in [2.75, 3.05) is 26.2 Å². The molecule has 0 atom stereocenters. The number of carbonyl (C=O) groups is 1. The minimum Gasteiger partial charge on any atom is -0.335 e. The molecule has 3 aromatic heterocycles. The third-order valence-electron chi connectivity index (χ3n) is 5.87. The van der Waals surface area contributed by atoms with Crippen LogP contribution in [0.25, 0.3) is 16.2 Å². The van der Waals surface area contributed by atoms with E-state index in [1.54, 1.807) is 23.6 Å². The van der Waals surface area contributed by atoms with Crippen molar-refractivity contribution in [3.8, 4) is 10.6 Å². The molecule has 5 rings (SSSR count). The monoisotopic (exact) mass is 557 g/mol. The molecule has 13 heteroatoms. The molecular weight excluding hydrogens is 541 g/mol. The highest BCUT2D eigenvalue weighted by atomic mass is 35.5. The first-order valence-electron chi connectivity index (χ1n) is 10.8. The molecule has 1 aromatic carbocycles. The second kappa shape index (κ2) is 9.62. The second-order valence-corrected chi connectivity index (χ2v) is 9.94. The van der Waals surface area contributed by atoms with E-state index in [1.807, 2.05) is 4.90 Å². The highest BCUT2D eigenvalue weighted by molar-refractivity contribution is 7.13. The fourth-order valence-electron chi connectivity index (χ4n) is 4.03. The number of nitrogens with zero attached hydrogens (tertiary/aromatic N) is 5. The van der Waals surface area contributed by atoms with E-state index in [0.29, 0.717) is 47.1 Å². The Bertz CT molecular complexity index is 1430. The summed E-state index contributed by atoms with van der Waals surface area (Å²) in [5.74, 6) is -0.995. The molecule has 0 spiro atoms. The quantitative estimate of drug-likeness (QED) is 0.294. The zero-order valence-electron chi connectivity index (χ0n) is 18.4. The number of piperazine rings is 1. The maximum Gasteiger partial charge on any atom is 0.433 e. The molecule has 1 aliphatic heterocycles. The minimum atomic E-state index is -4.74. The summed E-state index contributed by atoms with van der Waals surface area (Å²) < 4.78 is 55.4. The van der Waals surface area contributed by atoms with Crippen LogP contribution in [-0.4, -0.2) is 56.5 Å². The molecule has 0 N–H and O–H groups in total. The smallest absolute Gasteiger partial charge is 0.335 e. The Balaban J connectivity index is 1.39. The largest absolute Gasteiger partial charge is 0.433 e. The van der Waals surface area contributed by atoms with Gasteiger partial charge in [-0.2, -0.15) is 18.3 Å². The molecule has 4 aromatic rings. The van der Waals surface area contributed by atoms with Crippen LogP contribution in [0.2, 0.25) is 10.0 Å². The SMILES string of the molecule is O=C(c1nn2c(C(F)(F)F)cc(-c3cccs3)nc2c1Cl)N1CCN(Cc2ccc(F)cc2Cl)CC1. The lowest BCUT2D eigenvalue weighted by atomic mass is 10.2. The first kappa shape index (κ1) is 24.9. The van der Waals surface area contributed by atoms with Gasteiger partial charge in [0.15, 0.2) is 17.0 Å². The van der Waals surface area contributed by atoms with Gasteiger partial charge in [-0.25, -0.2) is 13.9 Å². The molecule has 1 fully saturated rings. The van der Waals surface area contributed by atoms with Gasteiger partial charge in [0.25, 0.3) is 5.91 Å². The fourth-order valence-corrected chi connectivity index (χ4v) is 5.18. The summed E-state index contributed by atoms with van der Waals surface area (Å²) >= 11 is 13.7. The van der Waals surface area contributed by atoms with E-state index in [4.69, 9.17) is 23.2 Å². The summed E-state index contributed by atoms with van der Waals surface area (Å²) in [7, 11) is 0. The van der Waals surface area contributed by atoms with E-state index in [1.165, 1.54) is 28.4 Å². The Morgan fingerprint density at radius 1 is 1.08 bits per heavy atom. The highest BCUT2D eigenvalue weighted by Gasteiger charge is 2.37. The van der Waals surface area contributed by atoms with Gasteiger partial charge in [0.05, 0.1) is 10.6 Å². The molecule has 0 unspecified atom stereocenters. The van der Waals surface area contributed by atoms with Gasteiger partial charge in [-0.15, -0.1) is 11.3 Å². The predicted molar refractivity (Wildman–Crippen MR) is 129 cm³/mol. The molecule has 1 saturated heterocycles. The number of carbonyl (C=O) groups excluding carboxylic acids is 1. The molecule has 0 saturated carbocycles. The van der Waals surface area contributed by atoms with Crippen LogP contribution in [0.3, 0.4) is 0 Å². The van der Waals surface area contributed by atoms with Crippen LogP contribution < -0.4 is 0 Å². The number of thiophene rings is 1. The first-order chi connectivity index (χ1) is 17.1. The Kier molecular flexibility index (Phi) is 6.67. The number of benzene rings is 1. The van der Waals surface area contributed by atoms with Crippen molar-refractivity contribution in [2.45, 2.75) is 12.7 Å². The van der Waals surface area contributed by atoms with Crippen LogP contribution in [-0.2, 0) is 12.7 Å². The summed E-state index contributed by atoms with van der Waals surface area (Å²) in [4.78, 5) is 21.5. The topological polar surface area (TPSA) is 53.7 Å². The number of fused-ring (bicyclic) bond motifs is 1. The first-order valence-corrected chi connectivity index (χ1v) is 12.4. The summed E-state index contributed by atoms with van der Waals surface area (Å²) in [5.41, 5.74) is -0.735. The molecule has 1 amide bonds. The lowest BCUT2D eigenvalue weighted by molar-refractivity contribution is -0.142. The number of rotatable bonds is 4. The predicted octanol–water partition coefficient (Wildman–Crippen LogP) is 5.88. The van der Waals surface area contributed by atoms with Gasteiger partial charge in [-0.3, -0.25) is 9.69 Å². The van der Waals surface area contributed by atoms with E-state index >= 15 is 0 Å². The van der Waals surface area contributed by atoms with Gasteiger partial charge in [-0.05, 0) is 35.2 Å². The van der Waals surface area contributed by atoms with E-state index in [9.17, 15) is 22.4 Å². The van der Waals surface area contributed by atoms with E-state index in [0.717, 1.165) is 11.6 Å². The molecular formula is C23H17Cl2F4N5OS. The average Bonchev–Trinajstić information content (AvgIpc) is 3.48. The van der Waals surface area contributed by atoms with Gasteiger partial charge < -0.3 is 4.90 Å². The number of hydrogen-bond donors (Lipinski definition) is 0. The van der Waals surface area contributed by atoms with Crippen molar-refractivity contribution >= 4 is 46.1 Å². The van der Waals surface area contributed by atoms with E-state index in [-0.39, 0.29) is 22.1 Å². The molecule has 188 valence electrons. The standard InChI is InChI=1S/C23H17Cl2F4N5OS/c24-15-10-14(26)4-3-13(15)12-32-5-7-33(8-6-32)22(35)20-19(25)21-30-16(17-2-1-9-36-17)11-18(23(27,28)29)34(21)31-20/h1-4,9-11H,5-8,12H2. The lowest BCUT2D eigenvalue weighted by Crippen LogP contribution is -2.48. The summed E-state index contributed by atoms with van der Waals surface area (Å²) in [6, 6.07) is 8.44. The molecule has 4 heterocycles. The summed E-state index contributed by atoms with van der Waals surface area (Å²) in [6.45, 7) is 2.06. The number of hydrogen-bond acceptors (Lipinski definition) is 5. The van der Waals surface area contributed by atoms with Gasteiger partial charge in [0, 0.05) is 37.7 Å². The van der Waals surface area contributed by atoms with Crippen LogP contribution in [0.15, 0.2) is 41.8 Å². The highest BCUT2D eigenvalue weighted by Crippen LogP contribution is 2.35. The second-order valence-electron chi connectivity index (χ2n) is 8.20. The Morgan fingerprint density at radius 2 is 1.83 bits per heavy atom. The van der Waals surface area contributed by atoms with Crippen molar-refractivity contribution in [3.05, 3.63) is 74.6 Å². The van der Waals surface area contributed by atoms with Crippen LogP contribution in [0.1, 0.15) is 21.7 Å². The van der Waals surface area contributed by atoms with Crippen LogP contribution in [0.5, 0.6) is 0 Å². The molecule has 1 aliphatic rings. The van der Waals surface area contributed by atoms with Gasteiger partial charge in [0.2, 0.25) is 0 Å². The molecule has 0 bridgehead atoms. The van der Waals surface area contributed by atoms with E-state index in [2.05, 4.69) is 10.1 Å². The molecule has 0 radical (unpaired) electrons. The zero-order chi connectivity index (χ0) is 25.6. The van der Waals surface area contributed by atoms with Crippen molar-refractivity contribution in [1.82, 2.24) is 24.4 Å². The maximum atomic E-state index is 13.8. The van der Waals surface area contributed by atoms with Crippen molar-refractivity contribution in [1.29, 1.82) is 0 Å². The van der Waals surface area contributed by atoms with Gasteiger partial charge >= 0.3 is 6.18 Å². The van der Waals surface area contributed by atoms with Crippen LogP contribution in [0, 0.1) is 5.82 Å². The van der Waals surface area contributed by atoms with Crippen molar-refractivity contribution in [2.24, 2.45) is 0 Å². The number of aromatic nitrogens is 3. The Hall–Kier alpha value is -2.73. The van der Waals surface area contributed by atoms with E-state index < -0.39 is 23.6 Å². The third-order valence-corrected chi connectivity index (χ3v) is 7.46. The number of halogens is 6. The van der Waals surface area contributed by atoms with Crippen LogP contribution in [0.4, 0.5) is 17.6 Å². The normalized spacial score (nSPS) is 15.1. The summed E-state index contributed by atoms with van der Waals surface area (Å²) in [5, 5.41) is 5.75. The number of amides is 1. The zero-order valence-corrected chi connectivity index (χ0v) is 20.7. The van der Waals surface area contributed by atoms with Crippen molar-refractivity contribution < 1.29 is 22.4 Å². The Labute approximate surface area is 216 Å². The maximum absolute atomic E-state index is 13.8. The molecule has 6 nitrogen and oxygen atoms in total. The lowest BCUT2D eigenvalue weighted by Gasteiger charge is -2.34. The summed E-state index contributed by atoms with van der Waals surface area (Å²) in [6.07, 6.45) is -4.74. The third kappa shape index (κ3) is 4.80. The van der Waals surface area contributed by atoms with Gasteiger partial charge in [0.1, 0.15) is 10.8 Å². The Morgan fingerprint density at radius 3 is 2.47 bits per heavy atom. The molecule has 36 heavy (non-hydrogen) atoms. The van der Waals surface area contributed by atoms with Crippen LogP contribution >= 0.6 is 34.5 Å². The van der Waals surface area contributed by atoms with Crippen molar-refractivity contribution in [3.63, 3.8) is 0 Å². The minimum absolute atomic E-state index is 0.0960. The van der Waals surface area contributed by atoms with Gasteiger partial charge in [-0.1, -0.05) is 35.3 Å². The average molecular weight is 558 g/mol. The molecule has 0 aliphatic carbocycles.